The minimum atomic E-state index is -1.01. The second-order valence-corrected chi connectivity index (χ2v) is 9.78. The summed E-state index contributed by atoms with van der Waals surface area (Å²) in [5.74, 6) is -1.82. The third-order valence-corrected chi connectivity index (χ3v) is 7.18. The maximum absolute atomic E-state index is 14.6. The predicted molar refractivity (Wildman–Crippen MR) is 150 cm³/mol. The standard InChI is InChI=1S/C31H28ClFN2O4/c1-3-39-31(38)27(23-17-18(2)11-16-26(23)34-28-24(32)9-6-10-25(28)33)19-12-14-20(15-13-19)35-29(36)21-7-4-5-8-22(21)30(35)37/h4-17,27,29-30,34,36-37H,3H2,1-2H3. The maximum atomic E-state index is 14.6. The van der Waals surface area contributed by atoms with Crippen molar-refractivity contribution in [2.24, 2.45) is 0 Å². The third-order valence-electron chi connectivity index (χ3n) is 6.87. The summed E-state index contributed by atoms with van der Waals surface area (Å²) in [5, 5.41) is 25.0. The average molecular weight is 547 g/mol. The first-order valence-electron chi connectivity index (χ1n) is 12.6. The summed E-state index contributed by atoms with van der Waals surface area (Å²) in [5.41, 5.74) is 4.61. The van der Waals surface area contributed by atoms with Crippen LogP contribution < -0.4 is 10.2 Å². The smallest absolute Gasteiger partial charge is 0.317 e. The third kappa shape index (κ3) is 5.08. The normalized spacial score (nSPS) is 17.0. The second-order valence-electron chi connectivity index (χ2n) is 9.37. The lowest BCUT2D eigenvalue weighted by Crippen LogP contribution is -2.25. The van der Waals surface area contributed by atoms with Crippen LogP contribution in [0.3, 0.4) is 0 Å². The van der Waals surface area contributed by atoms with Gasteiger partial charge in [-0.25, -0.2) is 4.39 Å². The lowest BCUT2D eigenvalue weighted by Gasteiger charge is -2.27. The molecule has 3 N–H and O–H groups in total. The molecule has 8 heteroatoms. The molecule has 0 spiro atoms. The van der Waals surface area contributed by atoms with Gasteiger partial charge in [0.15, 0.2) is 12.5 Å². The van der Waals surface area contributed by atoms with Crippen molar-refractivity contribution in [1.29, 1.82) is 0 Å². The van der Waals surface area contributed by atoms with Crippen molar-refractivity contribution in [3.8, 4) is 0 Å². The van der Waals surface area contributed by atoms with Crippen LogP contribution in [0.4, 0.5) is 21.5 Å². The molecule has 0 radical (unpaired) electrons. The van der Waals surface area contributed by atoms with E-state index in [9.17, 15) is 19.4 Å². The molecular weight excluding hydrogens is 519 g/mol. The summed E-state index contributed by atoms with van der Waals surface area (Å²) >= 11 is 6.27. The van der Waals surface area contributed by atoms with Gasteiger partial charge in [0, 0.05) is 22.5 Å². The molecule has 0 fully saturated rings. The van der Waals surface area contributed by atoms with E-state index < -0.39 is 30.2 Å². The molecule has 0 bridgehead atoms. The molecular formula is C31H28ClFN2O4. The summed E-state index contributed by atoms with van der Waals surface area (Å²) < 4.78 is 20.1. The summed E-state index contributed by atoms with van der Waals surface area (Å²) in [4.78, 5) is 14.9. The van der Waals surface area contributed by atoms with Gasteiger partial charge in [0.05, 0.1) is 17.3 Å². The van der Waals surface area contributed by atoms with Gasteiger partial charge in [-0.2, -0.15) is 0 Å². The number of benzene rings is 4. The predicted octanol–water partition coefficient (Wildman–Crippen LogP) is 6.73. The van der Waals surface area contributed by atoms with Gasteiger partial charge in [-0.3, -0.25) is 4.79 Å². The van der Waals surface area contributed by atoms with Crippen LogP contribution in [0.15, 0.2) is 84.9 Å². The van der Waals surface area contributed by atoms with E-state index in [1.807, 2.05) is 31.2 Å². The van der Waals surface area contributed by atoms with Crippen molar-refractivity contribution in [3.63, 3.8) is 0 Å². The zero-order valence-corrected chi connectivity index (χ0v) is 22.2. The van der Waals surface area contributed by atoms with Crippen LogP contribution in [0.25, 0.3) is 0 Å². The highest BCUT2D eigenvalue weighted by Crippen LogP contribution is 2.43. The van der Waals surface area contributed by atoms with E-state index in [1.54, 1.807) is 55.5 Å². The molecule has 5 rings (SSSR count). The van der Waals surface area contributed by atoms with Gasteiger partial charge in [-0.15, -0.1) is 0 Å². The fraction of sp³-hybridized carbons (Fsp3) is 0.194. The minimum absolute atomic E-state index is 0.110. The molecule has 0 saturated carbocycles. The van der Waals surface area contributed by atoms with Gasteiger partial charge in [0.1, 0.15) is 11.7 Å². The van der Waals surface area contributed by atoms with Crippen LogP contribution in [0, 0.1) is 12.7 Å². The van der Waals surface area contributed by atoms with E-state index in [0.29, 0.717) is 33.6 Å². The number of nitrogens with zero attached hydrogens (tertiary/aromatic N) is 1. The number of halogens is 2. The van der Waals surface area contributed by atoms with E-state index in [0.717, 1.165) is 5.56 Å². The highest BCUT2D eigenvalue weighted by Gasteiger charge is 2.36. The lowest BCUT2D eigenvalue weighted by molar-refractivity contribution is -0.143. The number of rotatable bonds is 7. The fourth-order valence-corrected chi connectivity index (χ4v) is 5.20. The van der Waals surface area contributed by atoms with Crippen molar-refractivity contribution in [2.45, 2.75) is 32.2 Å². The Balaban J connectivity index is 1.54. The number of hydrogen-bond acceptors (Lipinski definition) is 6. The van der Waals surface area contributed by atoms with E-state index in [1.165, 1.54) is 17.0 Å². The van der Waals surface area contributed by atoms with Crippen LogP contribution in [0.2, 0.25) is 5.02 Å². The Morgan fingerprint density at radius 3 is 2.28 bits per heavy atom. The molecule has 3 atom stereocenters. The molecule has 1 aliphatic rings. The Kier molecular flexibility index (Phi) is 7.57. The Morgan fingerprint density at radius 2 is 1.67 bits per heavy atom. The Hall–Kier alpha value is -3.91. The summed E-state index contributed by atoms with van der Waals surface area (Å²) in [6.07, 6.45) is -2.03. The van der Waals surface area contributed by atoms with Gasteiger partial charge < -0.3 is 25.2 Å². The lowest BCUT2D eigenvalue weighted by atomic mass is 9.88. The molecule has 0 saturated heterocycles. The first-order valence-corrected chi connectivity index (χ1v) is 13.0. The summed E-state index contributed by atoms with van der Waals surface area (Å²) in [6, 6.07) is 24.1. The number of esters is 1. The van der Waals surface area contributed by atoms with Crippen LogP contribution in [-0.4, -0.2) is 22.8 Å². The monoisotopic (exact) mass is 546 g/mol. The van der Waals surface area contributed by atoms with E-state index in [4.69, 9.17) is 16.3 Å². The number of ether oxygens (including phenoxy) is 1. The Morgan fingerprint density at radius 1 is 1.00 bits per heavy atom. The molecule has 4 aromatic carbocycles. The number of nitrogens with one attached hydrogen (secondary N) is 1. The highest BCUT2D eigenvalue weighted by atomic mass is 35.5. The van der Waals surface area contributed by atoms with Gasteiger partial charge in [-0.1, -0.05) is 71.8 Å². The summed E-state index contributed by atoms with van der Waals surface area (Å²) in [7, 11) is 0. The number of aryl methyl sites for hydroxylation is 1. The molecule has 3 unspecified atom stereocenters. The number of aliphatic hydroxyl groups is 2. The zero-order valence-electron chi connectivity index (χ0n) is 21.4. The largest absolute Gasteiger partial charge is 0.465 e. The minimum Gasteiger partial charge on any atom is -0.465 e. The summed E-state index contributed by atoms with van der Waals surface area (Å²) in [6.45, 7) is 3.83. The van der Waals surface area contributed by atoms with Crippen LogP contribution in [-0.2, 0) is 9.53 Å². The maximum Gasteiger partial charge on any atom is 0.317 e. The number of carbonyl (C=O) groups excluding carboxylic acids is 1. The first-order chi connectivity index (χ1) is 18.8. The molecule has 1 aliphatic heterocycles. The molecule has 6 nitrogen and oxygen atoms in total. The van der Waals surface area contributed by atoms with Crippen LogP contribution >= 0.6 is 11.6 Å². The average Bonchev–Trinajstić information content (AvgIpc) is 3.18. The molecule has 4 aromatic rings. The van der Waals surface area contributed by atoms with Crippen molar-refractivity contribution >= 4 is 34.6 Å². The van der Waals surface area contributed by atoms with E-state index in [-0.39, 0.29) is 17.3 Å². The zero-order chi connectivity index (χ0) is 27.7. The van der Waals surface area contributed by atoms with Gasteiger partial charge in [0.25, 0.3) is 0 Å². The van der Waals surface area contributed by atoms with E-state index >= 15 is 0 Å². The quantitative estimate of drug-likeness (QED) is 0.223. The number of fused-ring (bicyclic) bond motifs is 1. The SMILES string of the molecule is CCOC(=O)C(c1ccc(N2C(O)c3ccccc3C2O)cc1)c1cc(C)ccc1Nc1c(F)cccc1Cl. The fourth-order valence-electron chi connectivity index (χ4n) is 4.99. The van der Waals surface area contributed by atoms with Gasteiger partial charge in [0.2, 0.25) is 0 Å². The van der Waals surface area contributed by atoms with Crippen LogP contribution in [0.1, 0.15) is 53.1 Å². The molecule has 200 valence electrons. The Labute approximate surface area is 231 Å². The van der Waals surface area contributed by atoms with Gasteiger partial charge >= 0.3 is 5.97 Å². The molecule has 0 amide bonds. The molecule has 1 heterocycles. The number of aliphatic hydroxyl groups excluding tert-OH is 2. The second kappa shape index (κ2) is 11.1. The number of hydrogen-bond donors (Lipinski definition) is 3. The van der Waals surface area contributed by atoms with Crippen molar-refractivity contribution < 1.29 is 24.1 Å². The Bertz CT molecular complexity index is 1460. The van der Waals surface area contributed by atoms with Crippen LogP contribution in [0.5, 0.6) is 0 Å². The van der Waals surface area contributed by atoms with E-state index in [2.05, 4.69) is 5.32 Å². The van der Waals surface area contributed by atoms with Gasteiger partial charge in [-0.05, 0) is 55.3 Å². The number of para-hydroxylation sites is 1. The van der Waals surface area contributed by atoms with Crippen molar-refractivity contribution in [2.75, 3.05) is 16.8 Å². The first kappa shape index (κ1) is 26.7. The topological polar surface area (TPSA) is 82.0 Å². The molecule has 0 aromatic heterocycles. The molecule has 0 aliphatic carbocycles. The number of anilines is 3. The molecule has 39 heavy (non-hydrogen) atoms. The van der Waals surface area contributed by atoms with Crippen molar-refractivity contribution in [1.82, 2.24) is 0 Å². The van der Waals surface area contributed by atoms with Crippen molar-refractivity contribution in [3.05, 3.63) is 124 Å². The number of carbonyl (C=O) groups is 1. The highest BCUT2D eigenvalue weighted by molar-refractivity contribution is 6.33.